The number of carbonyl (C=O) groups excluding carboxylic acids is 7. The number of Topliss-reactive ketones (excluding diaryl/α,β-unsaturated/α-hetero) is 2. The Hall–Kier alpha value is -10.5. The molecule has 2 aliphatic carbocycles. The van der Waals surface area contributed by atoms with Crippen molar-refractivity contribution >= 4 is 95.8 Å². The van der Waals surface area contributed by atoms with E-state index in [0.717, 1.165) is 56.1 Å². The molecule has 46 heteroatoms. The number of amides is 5. The third-order valence-corrected chi connectivity index (χ3v) is 28.5. The summed E-state index contributed by atoms with van der Waals surface area (Å²) in [5.41, 5.74) is 4.92. The number of rotatable bonds is 68. The number of benzene rings is 3. The normalized spacial score (nSPS) is 20.4. The molecular formula is C103H142N12O32S2. The van der Waals surface area contributed by atoms with Crippen molar-refractivity contribution < 1.29 is 153 Å². The fraction of sp³-hybridized carbons (Fsp3) is 0.612. The standard InChI is InChI=1S/C103H142N12O32S2/c1-67(2)79(56-85(117)83(115-89(118)21-22-90(115)119)55-76-63-113(110-109-76)26-28-134-32-33-136-36-37-138-40-41-140-44-45-142-48-49-144-51-50-143-47-46-141-43-42-139-39-38-137-35-34-135-31-30-133-7)97(124)105-69(4)84(116)54-71-15-16-75(74(53-71)17-19-86-92(120)93(121)94(122)95(147-86)99(127)128)65-145-101(129)111(27-52-149(130,131)132)25-29-146-103-58-68(3)57-102(6,66-103)59-72(60-103)62-114-70(5)80(61-104-114)77-18-20-88(107-91(77)98(125)126)112-24-23-73-11-10-12-78(81(73)64-112)96(123)108-100-106-82-13-8-9-14-87(82)148-100/h8-16,18,20-22,53,61,63,67-69,72,79,83,86,92-95,120-122H,17,19,23-52,54-60,62,64-66H2,1-7H3,(H,105,124)(H,125,126)(H,127,128)(H,106,108,123)(H,130,131,132)/t68?,69-,72?,79-,83?,86-,92-,93+,94-,95-,102?,103?/m0/s1. The minimum absolute atomic E-state index is 0.0113. The number of methoxy groups -OCH3 is 1. The first-order valence-corrected chi connectivity index (χ1v) is 53.1. The zero-order chi connectivity index (χ0) is 107. The molecule has 818 valence electrons. The van der Waals surface area contributed by atoms with E-state index in [0.29, 0.717) is 227 Å². The zero-order valence-electron chi connectivity index (χ0n) is 85.6. The second-order valence-electron chi connectivity index (χ2n) is 38.6. The largest absolute Gasteiger partial charge is 0.479 e. The number of carboxylic acid groups (broad SMARTS) is 2. The van der Waals surface area contributed by atoms with Crippen molar-refractivity contribution in [3.8, 4) is 11.1 Å². The predicted molar refractivity (Wildman–Crippen MR) is 539 cm³/mol. The molecule has 4 aromatic heterocycles. The van der Waals surface area contributed by atoms with Crippen molar-refractivity contribution in [3.63, 3.8) is 0 Å². The quantitative estimate of drug-likeness (QED) is 0.0113. The number of anilines is 2. The maximum Gasteiger partial charge on any atom is 0.410 e. The van der Waals surface area contributed by atoms with Gasteiger partial charge in [0.2, 0.25) is 5.91 Å². The van der Waals surface area contributed by atoms with E-state index in [1.165, 1.54) is 22.9 Å². The van der Waals surface area contributed by atoms with E-state index in [9.17, 15) is 81.7 Å². The van der Waals surface area contributed by atoms with E-state index >= 15 is 0 Å². The van der Waals surface area contributed by atoms with Crippen LogP contribution in [0.1, 0.15) is 140 Å². The highest BCUT2D eigenvalue weighted by Crippen LogP contribution is 2.56. The lowest BCUT2D eigenvalue weighted by Gasteiger charge is -2.55. The third kappa shape index (κ3) is 35.5. The van der Waals surface area contributed by atoms with Crippen LogP contribution < -0.4 is 15.5 Å². The topological polar surface area (TPSA) is 556 Å². The van der Waals surface area contributed by atoms with Crippen LogP contribution in [0.15, 0.2) is 97.3 Å². The Morgan fingerprint density at radius 3 is 1.89 bits per heavy atom. The van der Waals surface area contributed by atoms with Gasteiger partial charge in [0.05, 0.1) is 211 Å². The van der Waals surface area contributed by atoms with Crippen LogP contribution >= 0.6 is 11.3 Å². The molecule has 3 aromatic carbocycles. The molecule has 3 aliphatic heterocycles. The molecule has 12 rings (SSSR count). The number of carbonyl (C=O) groups is 9. The molecule has 5 aliphatic rings. The number of para-hydroxylation sites is 1. The summed E-state index contributed by atoms with van der Waals surface area (Å²) in [5.74, 6) is -8.34. The van der Waals surface area contributed by atoms with E-state index in [-0.39, 0.29) is 99.7 Å². The highest BCUT2D eigenvalue weighted by Gasteiger charge is 2.53. The summed E-state index contributed by atoms with van der Waals surface area (Å²) in [6, 6.07) is 18.9. The lowest BCUT2D eigenvalue weighted by Crippen LogP contribution is -2.59. The maximum absolute atomic E-state index is 14.6. The molecule has 8 N–H and O–H groups in total. The Morgan fingerprint density at radius 1 is 0.678 bits per heavy atom. The molecule has 0 spiro atoms. The number of aromatic carboxylic acids is 1. The van der Waals surface area contributed by atoms with Crippen LogP contribution in [-0.4, -0.2) is 376 Å². The summed E-state index contributed by atoms with van der Waals surface area (Å²) < 4.78 is 124. The van der Waals surface area contributed by atoms with Crippen molar-refractivity contribution in [1.82, 2.24) is 49.9 Å². The Morgan fingerprint density at radius 2 is 1.30 bits per heavy atom. The molecule has 12 atom stereocenters. The van der Waals surface area contributed by atoms with Gasteiger partial charge in [0.25, 0.3) is 27.8 Å². The average Bonchev–Trinajstić information content (AvgIpc) is 0.934. The van der Waals surface area contributed by atoms with E-state index in [1.807, 2.05) is 52.9 Å². The fourth-order valence-corrected chi connectivity index (χ4v) is 21.0. The number of fused-ring (bicyclic) bond motifs is 4. The number of hydrogen-bond acceptors (Lipinski definition) is 36. The molecule has 1 saturated heterocycles. The number of imide groups is 1. The lowest BCUT2D eigenvalue weighted by atomic mass is 9.55. The Kier molecular flexibility index (Phi) is 45.8. The van der Waals surface area contributed by atoms with Crippen LogP contribution in [0.5, 0.6) is 0 Å². The average molecular weight is 2120 g/mol. The van der Waals surface area contributed by atoms with Crippen molar-refractivity contribution in [1.29, 1.82) is 0 Å². The smallest absolute Gasteiger partial charge is 0.410 e. The fourth-order valence-electron chi connectivity index (χ4n) is 19.7. The van der Waals surface area contributed by atoms with Crippen LogP contribution in [0.4, 0.5) is 15.7 Å². The number of hydrogen-bond donors (Lipinski definition) is 8. The molecule has 5 amide bonds. The minimum atomic E-state index is -4.66. The predicted octanol–water partition coefficient (Wildman–Crippen LogP) is 6.57. The Labute approximate surface area is 869 Å². The van der Waals surface area contributed by atoms with E-state index < -0.39 is 143 Å². The molecule has 44 nitrogen and oxygen atoms in total. The van der Waals surface area contributed by atoms with Crippen molar-refractivity contribution in [2.24, 2.45) is 29.1 Å². The molecule has 2 bridgehead atoms. The van der Waals surface area contributed by atoms with Gasteiger partial charge in [-0.05, 0) is 147 Å². The van der Waals surface area contributed by atoms with E-state index in [2.05, 4.69) is 39.8 Å². The Balaban J connectivity index is 0.589. The van der Waals surface area contributed by atoms with E-state index in [1.54, 1.807) is 69.7 Å². The number of pyridine rings is 1. The second kappa shape index (κ2) is 58.3. The van der Waals surface area contributed by atoms with Gasteiger partial charge in [0.1, 0.15) is 36.8 Å². The van der Waals surface area contributed by atoms with Crippen LogP contribution in [0.3, 0.4) is 0 Å². The molecule has 3 fully saturated rings. The number of aliphatic hydroxyl groups is 3. The highest BCUT2D eigenvalue weighted by molar-refractivity contribution is 7.85. The van der Waals surface area contributed by atoms with Gasteiger partial charge in [-0.25, -0.2) is 29.0 Å². The van der Waals surface area contributed by atoms with Crippen molar-refractivity contribution in [2.75, 3.05) is 201 Å². The summed E-state index contributed by atoms with van der Waals surface area (Å²) in [7, 11) is -3.04. The summed E-state index contributed by atoms with van der Waals surface area (Å²) in [5, 5.41) is 72.6. The van der Waals surface area contributed by atoms with Crippen molar-refractivity contribution in [3.05, 3.63) is 148 Å². The number of ether oxygens (including phenoxy) is 15. The number of carboxylic acids is 2. The summed E-state index contributed by atoms with van der Waals surface area (Å²) >= 11 is 1.38. The van der Waals surface area contributed by atoms with Gasteiger partial charge in [0, 0.05) is 106 Å². The summed E-state index contributed by atoms with van der Waals surface area (Å²) in [6.07, 6.45) is -1.90. The van der Waals surface area contributed by atoms with Crippen molar-refractivity contribution in [2.45, 2.75) is 187 Å². The number of aliphatic hydroxyl groups excluding tert-OH is 3. The number of nitrogens with zero attached hydrogens (tertiary/aromatic N) is 10. The van der Waals surface area contributed by atoms with Crippen LogP contribution in [-0.2, 0) is 162 Å². The molecule has 149 heavy (non-hydrogen) atoms. The van der Waals surface area contributed by atoms with Gasteiger partial charge in [-0.2, -0.15) is 13.5 Å². The summed E-state index contributed by atoms with van der Waals surface area (Å²) in [4.78, 5) is 137. The molecular weight excluding hydrogens is 1980 g/mol. The van der Waals surface area contributed by atoms with Crippen LogP contribution in [0.2, 0.25) is 0 Å². The molecule has 0 radical (unpaired) electrons. The van der Waals surface area contributed by atoms with Gasteiger partial charge in [-0.15, -0.1) is 5.10 Å². The molecule has 7 aromatic rings. The number of thiazole rings is 1. The Bertz CT molecular complexity index is 5660. The van der Waals surface area contributed by atoms with Gasteiger partial charge < -0.3 is 112 Å². The first-order chi connectivity index (χ1) is 71.6. The van der Waals surface area contributed by atoms with Gasteiger partial charge in [-0.3, -0.25) is 48.2 Å². The van der Waals surface area contributed by atoms with Gasteiger partial charge in [0.15, 0.2) is 28.5 Å². The monoisotopic (exact) mass is 2120 g/mol. The van der Waals surface area contributed by atoms with Crippen LogP contribution in [0, 0.1) is 36.0 Å². The SMILES string of the molecule is COCCOCCOCCOCCOCCOCCOCCOCCOCCOCCOCCOCCn1cc(CC(C(=O)C[C@H](C(=O)N[C@@H](C)C(=O)Cc2ccc(COC(=O)N(CCOC34CC(C)CC(C)(CC(Cn5ncc(-c6ccc(N7CCc8cccc(C(=O)Nc9nc%10ccccc%10s9)c8C7)nc6C(=O)O)c5C)C3)C4)CCS(=O)(=O)O)c(CC[C@@H]3O[C@H](C(=O)O)[C@@H](O)[C@H](O)[C@H]3O)c2)C(C)C)N2C(=O)C=CC2=O)nn1. The second-order valence-corrected chi connectivity index (χ2v) is 41.2. The van der Waals surface area contributed by atoms with Gasteiger partial charge >= 0.3 is 18.0 Å². The van der Waals surface area contributed by atoms with Crippen LogP contribution in [0.25, 0.3) is 21.3 Å². The number of ketones is 2. The third-order valence-electron chi connectivity index (χ3n) is 26.9. The number of aromatic nitrogens is 7. The van der Waals surface area contributed by atoms with Gasteiger partial charge in [-0.1, -0.05) is 86.7 Å². The first kappa shape index (κ1) is 117. The molecule has 7 heterocycles. The summed E-state index contributed by atoms with van der Waals surface area (Å²) in [6.45, 7) is 20.9. The molecule has 5 unspecified atom stereocenters. The molecule has 2 saturated carbocycles. The number of aliphatic carboxylic acids is 1. The minimum Gasteiger partial charge on any atom is -0.479 e. The maximum atomic E-state index is 14.6. The highest BCUT2D eigenvalue weighted by atomic mass is 32.2. The number of aryl methyl sites for hydroxylation is 1. The first-order valence-electron chi connectivity index (χ1n) is 50.6. The lowest BCUT2D eigenvalue weighted by molar-refractivity contribution is -0.228. The number of nitrogens with one attached hydrogen (secondary N) is 2. The van der Waals surface area contributed by atoms with E-state index in [4.69, 9.17) is 81.1 Å². The zero-order valence-corrected chi connectivity index (χ0v) is 87.2.